The molecule has 0 aromatic carbocycles. The van der Waals surface area contributed by atoms with E-state index in [1.54, 1.807) is 0 Å². The first-order valence-electron chi connectivity index (χ1n) is 4.83. The van der Waals surface area contributed by atoms with E-state index in [4.69, 9.17) is 5.11 Å². The molecule has 0 heterocycles. The summed E-state index contributed by atoms with van der Waals surface area (Å²) >= 11 is 0. The van der Waals surface area contributed by atoms with Crippen LogP contribution < -0.4 is 10.2 Å². The largest absolute Gasteiger partial charge is 0.480 e. The van der Waals surface area contributed by atoms with E-state index in [-0.39, 0.29) is 11.0 Å². The summed E-state index contributed by atoms with van der Waals surface area (Å²) in [6.45, 7) is 7.99. The molecular formula is C9H22N2O2P2. The van der Waals surface area contributed by atoms with E-state index in [0.29, 0.717) is 0 Å². The fraction of sp³-hybridized carbons (Fsp3) is 0.889. The van der Waals surface area contributed by atoms with E-state index in [9.17, 15) is 4.79 Å². The first kappa shape index (κ1) is 15.2. The van der Waals surface area contributed by atoms with Gasteiger partial charge in [-0.05, 0) is 25.7 Å². The molecule has 0 aliphatic carbocycles. The molecule has 6 heteroatoms. The Morgan fingerprint density at radius 3 is 2.07 bits per heavy atom. The van der Waals surface area contributed by atoms with Crippen LogP contribution in [0.3, 0.4) is 0 Å². The summed E-state index contributed by atoms with van der Waals surface area (Å²) < 4.78 is 0. The maximum atomic E-state index is 11.0. The van der Waals surface area contributed by atoms with Crippen molar-refractivity contribution >= 4 is 24.8 Å². The Morgan fingerprint density at radius 1 is 1.33 bits per heavy atom. The van der Waals surface area contributed by atoms with Crippen molar-refractivity contribution in [2.24, 2.45) is 5.41 Å². The third-order valence-corrected chi connectivity index (χ3v) is 3.60. The molecule has 0 saturated heterocycles. The van der Waals surface area contributed by atoms with Gasteiger partial charge in [-0.25, -0.2) is 0 Å². The SMILES string of the molecule is CC(C)(CC(C)(C)C(NP)C(=O)O)NP. The molecule has 4 nitrogen and oxygen atoms in total. The predicted octanol–water partition coefficient (Wildman–Crippen LogP) is 1.39. The predicted molar refractivity (Wildman–Crippen MR) is 69.6 cm³/mol. The van der Waals surface area contributed by atoms with E-state index in [2.05, 4.69) is 29.0 Å². The van der Waals surface area contributed by atoms with E-state index in [1.807, 2.05) is 27.7 Å². The molecule has 3 unspecified atom stereocenters. The molecule has 0 aromatic rings. The fourth-order valence-corrected chi connectivity index (χ4v) is 2.62. The minimum atomic E-state index is -0.824. The summed E-state index contributed by atoms with van der Waals surface area (Å²) in [7, 11) is 4.75. The molecule has 0 rings (SSSR count). The Bertz CT molecular complexity index is 232. The van der Waals surface area contributed by atoms with E-state index >= 15 is 0 Å². The molecular weight excluding hydrogens is 230 g/mol. The molecule has 15 heavy (non-hydrogen) atoms. The van der Waals surface area contributed by atoms with Gasteiger partial charge in [-0.15, -0.1) is 0 Å². The Labute approximate surface area is 96.5 Å². The molecule has 0 bridgehead atoms. The number of hydrogen-bond acceptors (Lipinski definition) is 3. The fourth-order valence-electron chi connectivity index (χ4n) is 1.92. The van der Waals surface area contributed by atoms with Gasteiger partial charge < -0.3 is 5.11 Å². The number of carboxylic acids is 1. The van der Waals surface area contributed by atoms with Gasteiger partial charge in [0, 0.05) is 5.54 Å². The maximum Gasteiger partial charge on any atom is 0.321 e. The number of aliphatic carboxylic acids is 1. The summed E-state index contributed by atoms with van der Waals surface area (Å²) in [4.78, 5) is 11.0. The zero-order valence-corrected chi connectivity index (χ0v) is 12.1. The second-order valence-corrected chi connectivity index (χ2v) is 5.75. The highest BCUT2D eigenvalue weighted by Crippen LogP contribution is 2.32. The summed E-state index contributed by atoms with van der Waals surface area (Å²) in [5, 5.41) is 15.0. The van der Waals surface area contributed by atoms with E-state index in [1.165, 1.54) is 0 Å². The van der Waals surface area contributed by atoms with Gasteiger partial charge in [-0.2, -0.15) is 0 Å². The molecule has 3 N–H and O–H groups in total. The topological polar surface area (TPSA) is 61.4 Å². The Balaban J connectivity index is 4.72. The molecule has 0 spiro atoms. The van der Waals surface area contributed by atoms with Crippen molar-refractivity contribution in [2.75, 3.05) is 0 Å². The Kier molecular flexibility index (Phi) is 5.63. The first-order valence-corrected chi connectivity index (χ1v) is 5.98. The van der Waals surface area contributed by atoms with Crippen molar-refractivity contribution in [3.8, 4) is 0 Å². The lowest BCUT2D eigenvalue weighted by Crippen LogP contribution is -2.49. The van der Waals surface area contributed by atoms with Gasteiger partial charge in [0.1, 0.15) is 6.04 Å². The van der Waals surface area contributed by atoms with Crippen LogP contribution in [0.4, 0.5) is 0 Å². The molecule has 90 valence electrons. The maximum absolute atomic E-state index is 11.0. The van der Waals surface area contributed by atoms with Gasteiger partial charge >= 0.3 is 5.97 Å². The lowest BCUT2D eigenvalue weighted by atomic mass is 9.75. The van der Waals surface area contributed by atoms with Gasteiger partial charge in [-0.1, -0.05) is 32.6 Å². The minimum Gasteiger partial charge on any atom is -0.480 e. The van der Waals surface area contributed by atoms with Crippen molar-refractivity contribution in [1.29, 1.82) is 0 Å². The van der Waals surface area contributed by atoms with Gasteiger partial charge in [0.2, 0.25) is 0 Å². The zero-order valence-electron chi connectivity index (χ0n) is 9.79. The number of nitrogens with one attached hydrogen (secondary N) is 2. The van der Waals surface area contributed by atoms with Crippen molar-refractivity contribution in [3.05, 3.63) is 0 Å². The highest BCUT2D eigenvalue weighted by atomic mass is 31.0. The molecule has 0 aliphatic heterocycles. The van der Waals surface area contributed by atoms with Gasteiger partial charge in [0.25, 0.3) is 0 Å². The van der Waals surface area contributed by atoms with Gasteiger partial charge in [-0.3, -0.25) is 15.0 Å². The Hall–Kier alpha value is 0.250. The summed E-state index contributed by atoms with van der Waals surface area (Å²) in [6, 6.07) is -0.569. The monoisotopic (exact) mass is 252 g/mol. The average molecular weight is 252 g/mol. The lowest BCUT2D eigenvalue weighted by Gasteiger charge is -2.38. The van der Waals surface area contributed by atoms with Crippen LogP contribution in [0.5, 0.6) is 0 Å². The van der Waals surface area contributed by atoms with Gasteiger partial charge in [0.05, 0.1) is 0 Å². The second-order valence-electron chi connectivity index (χ2n) is 5.13. The molecule has 3 atom stereocenters. The Morgan fingerprint density at radius 2 is 1.80 bits per heavy atom. The second kappa shape index (κ2) is 5.54. The van der Waals surface area contributed by atoms with Crippen LogP contribution in [0.2, 0.25) is 0 Å². The number of rotatable bonds is 6. The van der Waals surface area contributed by atoms with E-state index < -0.39 is 12.0 Å². The molecule has 0 fully saturated rings. The lowest BCUT2D eigenvalue weighted by molar-refractivity contribution is -0.142. The molecule has 0 radical (unpaired) electrons. The first-order chi connectivity index (χ1) is 6.66. The molecule has 0 saturated carbocycles. The van der Waals surface area contributed by atoms with Crippen LogP contribution in [-0.2, 0) is 4.79 Å². The summed E-state index contributed by atoms with van der Waals surface area (Å²) in [5.74, 6) is -0.824. The summed E-state index contributed by atoms with van der Waals surface area (Å²) in [6.07, 6.45) is 0.752. The van der Waals surface area contributed by atoms with Crippen LogP contribution in [-0.4, -0.2) is 22.7 Å². The third-order valence-electron chi connectivity index (χ3n) is 2.48. The minimum absolute atomic E-state index is 0.108. The summed E-state index contributed by atoms with van der Waals surface area (Å²) in [5.41, 5.74) is -0.440. The van der Waals surface area contributed by atoms with Crippen LogP contribution in [0, 0.1) is 5.41 Å². The normalized spacial score (nSPS) is 15.1. The highest BCUT2D eigenvalue weighted by molar-refractivity contribution is 7.14. The van der Waals surface area contributed by atoms with Gasteiger partial charge in [0.15, 0.2) is 0 Å². The molecule has 0 aliphatic rings. The van der Waals surface area contributed by atoms with Crippen molar-refractivity contribution < 1.29 is 9.90 Å². The smallest absolute Gasteiger partial charge is 0.321 e. The van der Waals surface area contributed by atoms with Crippen LogP contribution in [0.25, 0.3) is 0 Å². The van der Waals surface area contributed by atoms with Crippen molar-refractivity contribution in [1.82, 2.24) is 10.2 Å². The third kappa shape index (κ3) is 4.74. The highest BCUT2D eigenvalue weighted by Gasteiger charge is 2.38. The average Bonchev–Trinajstić information content (AvgIpc) is 2.01. The molecule has 0 aromatic heterocycles. The number of carbonyl (C=O) groups is 1. The number of hydrogen-bond donors (Lipinski definition) is 3. The van der Waals surface area contributed by atoms with Crippen molar-refractivity contribution in [3.63, 3.8) is 0 Å². The number of carboxylic acid groups (broad SMARTS) is 1. The quantitative estimate of drug-likeness (QED) is 0.625. The standard InChI is InChI=1S/C9H22N2O2P2/c1-8(2,5-9(3,4)11-15)6(10-14)7(12)13/h6,10-11H,5,14-15H2,1-4H3,(H,12,13). The van der Waals surface area contributed by atoms with Crippen LogP contribution >= 0.6 is 18.8 Å². The van der Waals surface area contributed by atoms with Crippen molar-refractivity contribution in [2.45, 2.75) is 45.7 Å². The van der Waals surface area contributed by atoms with Crippen LogP contribution in [0.15, 0.2) is 0 Å². The van der Waals surface area contributed by atoms with Crippen LogP contribution in [0.1, 0.15) is 34.1 Å². The molecule has 0 amide bonds. The van der Waals surface area contributed by atoms with E-state index in [0.717, 1.165) is 6.42 Å². The zero-order chi connectivity index (χ0) is 12.3.